The van der Waals surface area contributed by atoms with Crippen molar-refractivity contribution in [3.8, 4) is 21.5 Å². The third kappa shape index (κ3) is 3.06. The molecular weight excluding hydrogens is 435 g/mol. The number of halogens is 2. The maximum atomic E-state index is 4.65. The van der Waals surface area contributed by atoms with Gasteiger partial charge in [0.2, 0.25) is 0 Å². The molecule has 0 saturated heterocycles. The van der Waals surface area contributed by atoms with E-state index in [0.717, 1.165) is 30.5 Å². The summed E-state index contributed by atoms with van der Waals surface area (Å²) in [5.74, 6) is 0.838. The molecule has 0 unspecified atom stereocenters. The van der Waals surface area contributed by atoms with Crippen molar-refractivity contribution in [2.24, 2.45) is 0 Å². The van der Waals surface area contributed by atoms with Gasteiger partial charge in [0.25, 0.3) is 0 Å². The molecule has 0 aliphatic heterocycles. The zero-order valence-corrected chi connectivity index (χ0v) is 14.6. The van der Waals surface area contributed by atoms with Crippen molar-refractivity contribution in [1.82, 2.24) is 8.96 Å². The molecule has 3 aromatic rings. The average Bonchev–Trinajstić information content (AvgIpc) is 2.90. The van der Waals surface area contributed by atoms with Crippen molar-refractivity contribution in [3.05, 3.63) is 57.5 Å². The first-order valence-corrected chi connectivity index (χ1v) is 8.79. The summed E-state index contributed by atoms with van der Waals surface area (Å²) < 4.78 is 7.79. The van der Waals surface area contributed by atoms with Gasteiger partial charge in [-0.15, -0.1) is 0 Å². The molecule has 0 radical (unpaired) electrons. The zero-order chi connectivity index (χ0) is 13.2. The molecule has 0 saturated carbocycles. The topological polar surface area (TPSA) is 25.8 Å². The molecule has 5 heteroatoms. The quantitative estimate of drug-likeness (QED) is 0.550. The predicted molar refractivity (Wildman–Crippen MR) is 85.2 cm³/mol. The van der Waals surface area contributed by atoms with E-state index in [1.165, 1.54) is 0 Å². The normalized spacial score (nSPS) is 10.6. The molecule has 1 aromatic heterocycles. The number of rotatable bonds is 2. The fourth-order valence-electron chi connectivity index (χ4n) is 1.65. The third-order valence-corrected chi connectivity index (χ3v) is 5.28. The molecule has 0 spiro atoms. The summed E-state index contributed by atoms with van der Waals surface area (Å²) in [6.45, 7) is 0. The van der Waals surface area contributed by atoms with Crippen LogP contribution >= 0.6 is 31.9 Å². The molecule has 0 N–H and O–H groups in total. The van der Waals surface area contributed by atoms with Crippen molar-refractivity contribution >= 4 is 46.6 Å². The van der Waals surface area contributed by atoms with E-state index in [1.54, 1.807) is 0 Å². The van der Waals surface area contributed by atoms with E-state index in [9.17, 15) is 0 Å². The van der Waals surface area contributed by atoms with Gasteiger partial charge in [0, 0.05) is 0 Å². The van der Waals surface area contributed by atoms with Crippen LogP contribution in [-0.4, -0.2) is 23.7 Å². The van der Waals surface area contributed by atoms with Crippen LogP contribution in [0, 0.1) is 0 Å². The van der Waals surface area contributed by atoms with Gasteiger partial charge in [-0.2, -0.15) is 0 Å². The predicted octanol–water partition coefficient (Wildman–Crippen LogP) is 4.39. The van der Waals surface area contributed by atoms with Crippen molar-refractivity contribution < 1.29 is 0 Å². The van der Waals surface area contributed by atoms with E-state index < -0.39 is 0 Å². The van der Waals surface area contributed by atoms with Gasteiger partial charge >= 0.3 is 135 Å². The van der Waals surface area contributed by atoms with Crippen molar-refractivity contribution in [2.45, 2.75) is 0 Å². The molecule has 2 nitrogen and oxygen atoms in total. The van der Waals surface area contributed by atoms with Crippen LogP contribution in [0.15, 0.2) is 57.5 Å². The Balaban J connectivity index is 1.95. The minimum absolute atomic E-state index is 0.0657. The first-order chi connectivity index (χ1) is 9.22. The number of hydrogen-bond donors (Lipinski definition) is 0. The van der Waals surface area contributed by atoms with E-state index >= 15 is 0 Å². The third-order valence-electron chi connectivity index (χ3n) is 2.62. The molecule has 19 heavy (non-hydrogen) atoms. The van der Waals surface area contributed by atoms with Crippen LogP contribution in [0.25, 0.3) is 21.5 Å². The van der Waals surface area contributed by atoms with Crippen LogP contribution in [0.2, 0.25) is 0 Å². The summed E-state index contributed by atoms with van der Waals surface area (Å²) in [4.78, 5) is 4.65. The Morgan fingerprint density at radius 1 is 0.737 bits per heavy atom. The molecule has 0 aliphatic rings. The van der Waals surface area contributed by atoms with E-state index in [0.29, 0.717) is 0 Å². The zero-order valence-electron chi connectivity index (χ0n) is 9.68. The van der Waals surface area contributed by atoms with Gasteiger partial charge in [0.1, 0.15) is 0 Å². The Bertz CT molecular complexity index is 630. The number of hydrogen-bond acceptors (Lipinski definition) is 2. The van der Waals surface area contributed by atoms with Gasteiger partial charge < -0.3 is 0 Å². The Morgan fingerprint density at radius 3 is 1.84 bits per heavy atom. The van der Waals surface area contributed by atoms with Crippen molar-refractivity contribution in [1.29, 1.82) is 0 Å². The van der Waals surface area contributed by atoms with E-state index in [-0.39, 0.29) is 14.7 Å². The molecule has 0 atom stereocenters. The summed E-state index contributed by atoms with van der Waals surface area (Å²) in [6.07, 6.45) is 0. The van der Waals surface area contributed by atoms with Gasteiger partial charge in [-0.05, 0) is 0 Å². The monoisotopic (exact) mass is 442 g/mol. The molecule has 0 fully saturated rings. The van der Waals surface area contributed by atoms with Crippen LogP contribution < -0.4 is 0 Å². The summed E-state index contributed by atoms with van der Waals surface area (Å²) in [6, 6.07) is 16.3. The van der Waals surface area contributed by atoms with E-state index in [1.807, 2.05) is 36.4 Å². The van der Waals surface area contributed by atoms with Gasteiger partial charge in [0.05, 0.1) is 0 Å². The standard InChI is InChI=1S/C14H8Br2N2Se/c15-11-5-1-9(2-6-11)13-17-14(19-18-13)10-3-7-12(16)8-4-10/h1-8H. The van der Waals surface area contributed by atoms with Gasteiger partial charge in [-0.3, -0.25) is 0 Å². The van der Waals surface area contributed by atoms with Gasteiger partial charge in [-0.25, -0.2) is 0 Å². The molecule has 1 heterocycles. The summed E-state index contributed by atoms with van der Waals surface area (Å²) in [5.41, 5.74) is 2.22. The molecule has 0 amide bonds. The number of benzene rings is 2. The fourth-order valence-corrected chi connectivity index (χ4v) is 3.62. The second-order valence-corrected chi connectivity index (χ2v) is 7.35. The van der Waals surface area contributed by atoms with Gasteiger partial charge in [0.15, 0.2) is 0 Å². The fraction of sp³-hybridized carbons (Fsp3) is 0. The van der Waals surface area contributed by atoms with E-state index in [4.69, 9.17) is 0 Å². The van der Waals surface area contributed by atoms with Crippen LogP contribution in [-0.2, 0) is 0 Å². The Labute approximate surface area is 134 Å². The first-order valence-electron chi connectivity index (χ1n) is 5.58. The SMILES string of the molecule is Brc1ccc(-c2n[se]c(-c3ccc(Br)cc3)n2)cc1. The summed E-state index contributed by atoms with van der Waals surface area (Å²) in [7, 11) is 0. The van der Waals surface area contributed by atoms with Crippen LogP contribution in [0.1, 0.15) is 0 Å². The maximum absolute atomic E-state index is 4.65. The minimum atomic E-state index is 0.0657. The molecule has 0 aliphatic carbocycles. The van der Waals surface area contributed by atoms with E-state index in [2.05, 4.69) is 53.0 Å². The second kappa shape index (κ2) is 5.71. The molecular formula is C14H8Br2N2Se. The second-order valence-electron chi connectivity index (χ2n) is 3.94. The van der Waals surface area contributed by atoms with Gasteiger partial charge in [-0.1, -0.05) is 0 Å². The number of aromatic nitrogens is 2. The number of nitrogens with zero attached hydrogens (tertiary/aromatic N) is 2. The van der Waals surface area contributed by atoms with Crippen LogP contribution in [0.4, 0.5) is 0 Å². The average molecular weight is 443 g/mol. The molecule has 94 valence electrons. The van der Waals surface area contributed by atoms with Crippen molar-refractivity contribution in [2.75, 3.05) is 0 Å². The Kier molecular flexibility index (Phi) is 3.99. The summed E-state index contributed by atoms with van der Waals surface area (Å²) >= 11 is 6.94. The van der Waals surface area contributed by atoms with Crippen LogP contribution in [0.5, 0.6) is 0 Å². The Hall–Kier alpha value is -0.741. The summed E-state index contributed by atoms with van der Waals surface area (Å²) in [5, 5.41) is 0. The van der Waals surface area contributed by atoms with Crippen LogP contribution in [0.3, 0.4) is 0 Å². The molecule has 2 aromatic carbocycles. The van der Waals surface area contributed by atoms with Crippen molar-refractivity contribution in [3.63, 3.8) is 0 Å². The Morgan fingerprint density at radius 2 is 1.26 bits per heavy atom. The first kappa shape index (κ1) is 13.3. The molecule has 3 rings (SSSR count). The molecule has 0 bridgehead atoms.